The van der Waals surface area contributed by atoms with Crippen LogP contribution in [0.4, 0.5) is 4.39 Å². The highest BCUT2D eigenvalue weighted by Crippen LogP contribution is 2.23. The molecule has 0 radical (unpaired) electrons. The largest absolute Gasteiger partial charge is 0.481 e. The van der Waals surface area contributed by atoms with Gasteiger partial charge >= 0.3 is 5.97 Å². The van der Waals surface area contributed by atoms with Gasteiger partial charge in [-0.25, -0.2) is 15.2 Å². The molecule has 0 bridgehead atoms. The first kappa shape index (κ1) is 20.2. The van der Waals surface area contributed by atoms with Crippen LogP contribution in [0.2, 0.25) is 0 Å². The zero-order valence-corrected chi connectivity index (χ0v) is 15.7. The number of carboxylic acid groups (broad SMARTS) is 1. The highest BCUT2D eigenvalue weighted by Gasteiger charge is 2.33. The highest BCUT2D eigenvalue weighted by molar-refractivity contribution is 5.87. The number of piperidine rings is 1. The van der Waals surface area contributed by atoms with Crippen molar-refractivity contribution in [3.05, 3.63) is 35.6 Å². The predicted molar refractivity (Wildman–Crippen MR) is 98.4 cm³/mol. The Labute approximate surface area is 162 Å². The molecule has 2 aliphatic heterocycles. The van der Waals surface area contributed by atoms with Crippen molar-refractivity contribution in [1.29, 1.82) is 0 Å². The lowest BCUT2D eigenvalue weighted by Gasteiger charge is -2.31. The number of likely N-dealkylation sites (N-methyl/N-ethyl adjacent to an activating group) is 1. The molecule has 1 aromatic rings. The van der Waals surface area contributed by atoms with Crippen molar-refractivity contribution in [3.63, 3.8) is 0 Å². The topological polar surface area (TPSA) is 102 Å². The van der Waals surface area contributed by atoms with Crippen LogP contribution in [-0.2, 0) is 14.4 Å². The minimum atomic E-state index is -0.824. The van der Waals surface area contributed by atoms with Crippen molar-refractivity contribution in [2.45, 2.75) is 31.3 Å². The fraction of sp³-hybridized carbons (Fsp3) is 0.526. The maximum atomic E-state index is 13.1. The lowest BCUT2D eigenvalue weighted by molar-refractivity contribution is -0.146. The van der Waals surface area contributed by atoms with Gasteiger partial charge in [0.25, 0.3) is 0 Å². The summed E-state index contributed by atoms with van der Waals surface area (Å²) in [6.45, 7) is 0.747. The van der Waals surface area contributed by atoms with Crippen molar-refractivity contribution < 1.29 is 23.9 Å². The van der Waals surface area contributed by atoms with Crippen molar-refractivity contribution in [2.75, 3.05) is 26.7 Å². The Bertz CT molecular complexity index is 734. The molecule has 0 aromatic heterocycles. The van der Waals surface area contributed by atoms with Crippen molar-refractivity contribution in [2.24, 2.45) is 5.92 Å². The molecule has 0 saturated carbocycles. The average molecular weight is 392 g/mol. The van der Waals surface area contributed by atoms with E-state index < -0.39 is 17.9 Å². The van der Waals surface area contributed by atoms with Gasteiger partial charge in [0.1, 0.15) is 11.9 Å². The number of hydrogen-bond acceptors (Lipinski definition) is 5. The molecule has 152 valence electrons. The second kappa shape index (κ2) is 8.66. The standard InChI is InChI=1S/C19H25FN4O4/c1-23(11-17(25)24-8-6-13(7-9-24)19(27)28)18(26)16-10-15(21-22-16)12-2-4-14(20)5-3-12/h2-5,13,15-16,21-22H,6-11H2,1H3,(H,27,28). The first-order valence-corrected chi connectivity index (χ1v) is 9.37. The second-order valence-electron chi connectivity index (χ2n) is 7.37. The molecule has 0 spiro atoms. The highest BCUT2D eigenvalue weighted by atomic mass is 19.1. The molecule has 2 saturated heterocycles. The summed E-state index contributed by atoms with van der Waals surface area (Å²) in [7, 11) is 1.58. The number of halogens is 1. The number of rotatable bonds is 5. The maximum absolute atomic E-state index is 13.1. The monoisotopic (exact) mass is 392 g/mol. The molecular formula is C19H25FN4O4. The van der Waals surface area contributed by atoms with Crippen LogP contribution in [-0.4, -0.2) is 65.4 Å². The van der Waals surface area contributed by atoms with Crippen LogP contribution in [0.25, 0.3) is 0 Å². The van der Waals surface area contributed by atoms with Gasteiger partial charge in [-0.3, -0.25) is 14.4 Å². The van der Waals surface area contributed by atoms with Gasteiger partial charge in [-0.05, 0) is 37.0 Å². The van der Waals surface area contributed by atoms with Crippen LogP contribution < -0.4 is 10.9 Å². The number of amides is 2. The minimum Gasteiger partial charge on any atom is -0.481 e. The van der Waals surface area contributed by atoms with E-state index in [9.17, 15) is 18.8 Å². The molecule has 0 aliphatic carbocycles. The number of benzene rings is 1. The van der Waals surface area contributed by atoms with Gasteiger partial charge in [-0.15, -0.1) is 0 Å². The van der Waals surface area contributed by atoms with E-state index in [4.69, 9.17) is 5.11 Å². The number of carbonyl (C=O) groups is 3. The molecule has 2 fully saturated rings. The Morgan fingerprint density at radius 1 is 1.18 bits per heavy atom. The van der Waals surface area contributed by atoms with Crippen molar-refractivity contribution in [3.8, 4) is 0 Å². The summed E-state index contributed by atoms with van der Waals surface area (Å²) < 4.78 is 13.1. The lowest BCUT2D eigenvalue weighted by atomic mass is 9.97. The number of nitrogens with one attached hydrogen (secondary N) is 2. The van der Waals surface area contributed by atoms with Gasteiger partial charge in [0.05, 0.1) is 12.5 Å². The SMILES string of the molecule is CN(CC(=O)N1CCC(C(=O)O)CC1)C(=O)C1CC(c2ccc(F)cc2)NN1. The average Bonchev–Trinajstić information content (AvgIpc) is 3.18. The third-order valence-corrected chi connectivity index (χ3v) is 5.42. The van der Waals surface area contributed by atoms with E-state index in [-0.39, 0.29) is 30.2 Å². The Kier molecular flexibility index (Phi) is 6.25. The summed E-state index contributed by atoms with van der Waals surface area (Å²) in [4.78, 5) is 39.1. The van der Waals surface area contributed by atoms with E-state index in [1.165, 1.54) is 17.0 Å². The summed E-state index contributed by atoms with van der Waals surface area (Å²) in [6.07, 6.45) is 1.37. The van der Waals surface area contributed by atoms with Gasteiger partial charge in [0.2, 0.25) is 11.8 Å². The third kappa shape index (κ3) is 4.66. The number of carboxylic acids is 1. The number of hydrazine groups is 1. The molecule has 8 nitrogen and oxygen atoms in total. The molecule has 3 N–H and O–H groups in total. The summed E-state index contributed by atoms with van der Waals surface area (Å²) >= 11 is 0. The maximum Gasteiger partial charge on any atom is 0.306 e. The molecule has 2 aliphatic rings. The van der Waals surface area contributed by atoms with E-state index in [1.807, 2.05) is 0 Å². The zero-order chi connectivity index (χ0) is 20.3. The van der Waals surface area contributed by atoms with Crippen LogP contribution in [0.5, 0.6) is 0 Å². The number of hydrogen-bond donors (Lipinski definition) is 3. The predicted octanol–water partition coefficient (Wildman–Crippen LogP) is 0.515. The van der Waals surface area contributed by atoms with Gasteiger partial charge in [-0.2, -0.15) is 0 Å². The van der Waals surface area contributed by atoms with Gasteiger partial charge in [-0.1, -0.05) is 12.1 Å². The first-order valence-electron chi connectivity index (χ1n) is 9.37. The molecule has 1 aromatic carbocycles. The van der Waals surface area contributed by atoms with Crippen LogP contribution in [0.15, 0.2) is 24.3 Å². The molecule has 2 atom stereocenters. The Morgan fingerprint density at radius 2 is 1.82 bits per heavy atom. The molecule has 28 heavy (non-hydrogen) atoms. The number of likely N-dealkylation sites (tertiary alicyclic amines) is 1. The third-order valence-electron chi connectivity index (χ3n) is 5.42. The van der Waals surface area contributed by atoms with E-state index in [1.54, 1.807) is 24.1 Å². The Morgan fingerprint density at radius 3 is 2.43 bits per heavy atom. The fourth-order valence-electron chi connectivity index (χ4n) is 3.65. The first-order chi connectivity index (χ1) is 13.3. The minimum absolute atomic E-state index is 0.0457. The molecule has 3 rings (SSSR count). The molecule has 9 heteroatoms. The second-order valence-corrected chi connectivity index (χ2v) is 7.37. The summed E-state index contributed by atoms with van der Waals surface area (Å²) in [5.74, 6) is -1.92. The van der Waals surface area contributed by atoms with Crippen molar-refractivity contribution >= 4 is 17.8 Å². The van der Waals surface area contributed by atoms with Crippen LogP contribution in [0.3, 0.4) is 0 Å². The van der Waals surface area contributed by atoms with Gasteiger partial charge < -0.3 is 14.9 Å². The summed E-state index contributed by atoms with van der Waals surface area (Å²) in [6, 6.07) is 5.51. The number of carbonyl (C=O) groups excluding carboxylic acids is 2. The van der Waals surface area contributed by atoms with Gasteiger partial charge in [0, 0.05) is 26.2 Å². The normalized spacial score (nSPS) is 22.9. The number of nitrogens with zero attached hydrogens (tertiary/aromatic N) is 2. The molecule has 2 heterocycles. The van der Waals surface area contributed by atoms with Crippen LogP contribution in [0.1, 0.15) is 30.9 Å². The Hall–Kier alpha value is -2.52. The zero-order valence-electron chi connectivity index (χ0n) is 15.7. The van der Waals surface area contributed by atoms with Gasteiger partial charge in [0.15, 0.2) is 0 Å². The van der Waals surface area contributed by atoms with Crippen LogP contribution >= 0.6 is 0 Å². The smallest absolute Gasteiger partial charge is 0.306 e. The molecular weight excluding hydrogens is 367 g/mol. The quantitative estimate of drug-likeness (QED) is 0.675. The number of aliphatic carboxylic acids is 1. The van der Waals surface area contributed by atoms with E-state index in [0.29, 0.717) is 32.4 Å². The van der Waals surface area contributed by atoms with E-state index >= 15 is 0 Å². The van der Waals surface area contributed by atoms with Crippen LogP contribution in [0, 0.1) is 11.7 Å². The Balaban J connectivity index is 1.49. The fourth-order valence-corrected chi connectivity index (χ4v) is 3.65. The molecule has 2 amide bonds. The summed E-state index contributed by atoms with van der Waals surface area (Å²) in [5, 5.41) is 9.03. The van der Waals surface area contributed by atoms with E-state index in [0.717, 1.165) is 5.56 Å². The molecule has 2 unspecified atom stereocenters. The van der Waals surface area contributed by atoms with Crippen molar-refractivity contribution in [1.82, 2.24) is 20.7 Å². The summed E-state index contributed by atoms with van der Waals surface area (Å²) in [5.41, 5.74) is 6.86. The van der Waals surface area contributed by atoms with E-state index in [2.05, 4.69) is 10.9 Å². The lowest BCUT2D eigenvalue weighted by Crippen LogP contribution is -2.49.